The molecule has 1 unspecified atom stereocenters. The highest BCUT2D eigenvalue weighted by atomic mass is 16.7. The molecule has 53 heavy (non-hydrogen) atoms. The van der Waals surface area contributed by atoms with Crippen LogP contribution in [0.1, 0.15) is 54.9 Å². The predicted octanol–water partition coefficient (Wildman–Crippen LogP) is 4.01. The van der Waals surface area contributed by atoms with Gasteiger partial charge in [-0.25, -0.2) is 9.79 Å². The molecule has 0 radical (unpaired) electrons. The zero-order valence-electron chi connectivity index (χ0n) is 28.2. The molecule has 278 valence electrons. The second-order valence-corrected chi connectivity index (χ2v) is 13.2. The van der Waals surface area contributed by atoms with E-state index in [2.05, 4.69) is 4.99 Å². The van der Waals surface area contributed by atoms with E-state index in [1.165, 1.54) is 18.2 Å². The van der Waals surface area contributed by atoms with E-state index in [1.807, 2.05) is 0 Å². The van der Waals surface area contributed by atoms with E-state index in [1.54, 1.807) is 54.6 Å². The number of benzene rings is 3. The summed E-state index contributed by atoms with van der Waals surface area (Å²) in [4.78, 5) is 15.9. The molecule has 0 bridgehead atoms. The van der Waals surface area contributed by atoms with Crippen molar-refractivity contribution in [3.05, 3.63) is 89.5 Å². The zero-order valence-corrected chi connectivity index (χ0v) is 28.2. The van der Waals surface area contributed by atoms with Gasteiger partial charge in [-0.1, -0.05) is 24.3 Å². The minimum absolute atomic E-state index is 0.00674. The lowest BCUT2D eigenvalue weighted by Gasteiger charge is -2.39. The van der Waals surface area contributed by atoms with Crippen molar-refractivity contribution in [1.29, 1.82) is 5.41 Å². The normalized spacial score (nSPS) is 25.9. The molecule has 7 rings (SSSR count). The number of nitrogens with one attached hydrogen (secondary N) is 1. The van der Waals surface area contributed by atoms with Crippen LogP contribution in [-0.2, 0) is 15.1 Å². The summed E-state index contributed by atoms with van der Waals surface area (Å²) in [6.07, 6.45) is -2.86. The van der Waals surface area contributed by atoms with Gasteiger partial charge in [-0.15, -0.1) is 0 Å². The summed E-state index contributed by atoms with van der Waals surface area (Å²) in [5.74, 6) is -2.48. The number of allylic oxidation sites excluding steroid dienone is 1. The van der Waals surface area contributed by atoms with Gasteiger partial charge in [0.15, 0.2) is 17.6 Å². The molecule has 2 fully saturated rings. The van der Waals surface area contributed by atoms with E-state index in [-0.39, 0.29) is 40.2 Å². The SMILES string of the molecule is N=C1C=CC(CCOc2ccc(C3C=C(O)c4c(cc(O[C@@H]5O[C@H](C(=O)O)[C@@H](O)[C@@H](O)[C@H]5O)c(OC5(c6cccc(O)c6)CCCC5)c4O)O3)cc2)=N1. The molecule has 8 N–H and O–H groups in total. The van der Waals surface area contributed by atoms with Crippen LogP contribution in [0, 0.1) is 5.41 Å². The molecule has 6 atom stereocenters. The topological polar surface area (TPSA) is 241 Å². The molecular weight excluding hydrogens is 692 g/mol. The summed E-state index contributed by atoms with van der Waals surface area (Å²) < 4.78 is 30.0. The molecule has 3 aromatic carbocycles. The number of carboxylic acid groups (broad SMARTS) is 1. The third kappa shape index (κ3) is 7.11. The number of aliphatic hydroxyl groups excluding tert-OH is 4. The lowest BCUT2D eigenvalue weighted by molar-refractivity contribution is -0.271. The van der Waals surface area contributed by atoms with Crippen molar-refractivity contribution in [1.82, 2.24) is 0 Å². The number of aromatic hydroxyl groups is 2. The van der Waals surface area contributed by atoms with Crippen LogP contribution >= 0.6 is 0 Å². The summed E-state index contributed by atoms with van der Waals surface area (Å²) in [6.45, 7) is 0.339. The number of phenols is 2. The molecule has 3 aliphatic heterocycles. The lowest BCUT2D eigenvalue weighted by Crippen LogP contribution is -2.61. The molecule has 0 amide bonds. The summed E-state index contributed by atoms with van der Waals surface area (Å²) in [6, 6.07) is 14.7. The number of amidine groups is 1. The van der Waals surface area contributed by atoms with Crippen molar-refractivity contribution in [2.45, 2.75) is 74.5 Å². The number of hydrogen-bond donors (Lipinski definition) is 8. The molecule has 4 aliphatic rings. The minimum atomic E-state index is -1.97. The van der Waals surface area contributed by atoms with Gasteiger partial charge >= 0.3 is 5.97 Å². The second-order valence-electron chi connectivity index (χ2n) is 13.2. The van der Waals surface area contributed by atoms with Crippen LogP contribution in [0.2, 0.25) is 0 Å². The first kappa shape index (κ1) is 35.8. The molecule has 1 saturated carbocycles. The highest BCUT2D eigenvalue weighted by molar-refractivity contribution is 6.14. The number of phenolic OH excluding ortho intramolecular Hbond substituents is 2. The van der Waals surface area contributed by atoms with Crippen molar-refractivity contribution >= 4 is 23.3 Å². The summed E-state index contributed by atoms with van der Waals surface area (Å²) >= 11 is 0. The van der Waals surface area contributed by atoms with Gasteiger partial charge in [-0.3, -0.25) is 5.41 Å². The summed E-state index contributed by atoms with van der Waals surface area (Å²) in [5, 5.41) is 82.1. The Morgan fingerprint density at radius 1 is 0.962 bits per heavy atom. The van der Waals surface area contributed by atoms with Gasteiger partial charge in [0.2, 0.25) is 12.0 Å². The number of rotatable bonds is 11. The Bertz CT molecular complexity index is 1990. The standard InChI is InChI=1S/C38H38N2O13/c39-28-11-8-21(40-28)12-15-49-23-9-6-19(7-10-23)25-17-24(42)29-26(50-25)18-27(51-37-33(46)31(44)32(45)35(52-37)36(47)48)34(30(29)43)53-38(13-1-2-14-38)20-4-3-5-22(41)16-20/h3-11,16-18,25,31-33,35,37,39,41-46H,1-2,12-15H2,(H,47,48)/t25?,31-,32+,33-,35+,37-/m1/s1. The van der Waals surface area contributed by atoms with E-state index in [0.717, 1.165) is 18.6 Å². The molecule has 1 aliphatic carbocycles. The maximum Gasteiger partial charge on any atom is 0.335 e. The third-order valence-electron chi connectivity index (χ3n) is 9.67. The summed E-state index contributed by atoms with van der Waals surface area (Å²) in [7, 11) is 0. The first-order valence-corrected chi connectivity index (χ1v) is 17.0. The van der Waals surface area contributed by atoms with Gasteiger partial charge < -0.3 is 59.4 Å². The van der Waals surface area contributed by atoms with Gasteiger partial charge in [0.1, 0.15) is 64.4 Å². The maximum atomic E-state index is 11.8. The van der Waals surface area contributed by atoms with Crippen LogP contribution in [0.25, 0.3) is 5.76 Å². The van der Waals surface area contributed by atoms with E-state index >= 15 is 0 Å². The van der Waals surface area contributed by atoms with E-state index in [4.69, 9.17) is 29.1 Å². The van der Waals surface area contributed by atoms with E-state index < -0.39 is 54.1 Å². The van der Waals surface area contributed by atoms with Crippen molar-refractivity contribution in [2.24, 2.45) is 4.99 Å². The Balaban J connectivity index is 1.21. The average Bonchev–Trinajstić information content (AvgIpc) is 3.79. The van der Waals surface area contributed by atoms with Crippen molar-refractivity contribution in [3.8, 4) is 34.5 Å². The fraction of sp³-hybridized carbons (Fsp3) is 0.342. The Hall–Kier alpha value is -5.61. The zero-order chi connectivity index (χ0) is 37.4. The molecular formula is C38H38N2O13. The highest BCUT2D eigenvalue weighted by Crippen LogP contribution is 2.54. The Labute approximate surface area is 302 Å². The van der Waals surface area contributed by atoms with Gasteiger partial charge in [-0.2, -0.15) is 0 Å². The van der Waals surface area contributed by atoms with Crippen LogP contribution in [0.5, 0.6) is 34.5 Å². The number of hydrogen-bond acceptors (Lipinski definition) is 13. The molecule has 0 spiro atoms. The Kier molecular flexibility index (Phi) is 9.74. The summed E-state index contributed by atoms with van der Waals surface area (Å²) in [5.41, 5.74) is 0.742. The number of carboxylic acids is 1. The monoisotopic (exact) mass is 730 g/mol. The van der Waals surface area contributed by atoms with E-state index in [9.17, 15) is 40.5 Å². The number of fused-ring (bicyclic) bond motifs is 1. The highest BCUT2D eigenvalue weighted by Gasteiger charge is 2.49. The number of aliphatic carboxylic acids is 1. The number of carbonyl (C=O) groups is 1. The van der Waals surface area contributed by atoms with Crippen molar-refractivity contribution < 1.29 is 64.2 Å². The van der Waals surface area contributed by atoms with Crippen LogP contribution in [-0.4, -0.2) is 90.6 Å². The third-order valence-corrected chi connectivity index (χ3v) is 9.67. The quantitative estimate of drug-likeness (QED) is 0.139. The molecule has 3 heterocycles. The van der Waals surface area contributed by atoms with Crippen LogP contribution < -0.4 is 18.9 Å². The van der Waals surface area contributed by atoms with E-state index in [0.29, 0.717) is 42.7 Å². The number of aliphatic hydroxyl groups is 4. The fourth-order valence-electron chi connectivity index (χ4n) is 6.92. The Morgan fingerprint density at radius 3 is 2.40 bits per heavy atom. The molecule has 15 heteroatoms. The number of aliphatic imine (C=N–C) groups is 1. The van der Waals surface area contributed by atoms with Crippen LogP contribution in [0.15, 0.2) is 77.8 Å². The predicted molar refractivity (Wildman–Crippen MR) is 187 cm³/mol. The van der Waals surface area contributed by atoms with Crippen molar-refractivity contribution in [3.63, 3.8) is 0 Å². The molecule has 0 aromatic heterocycles. The fourth-order valence-corrected chi connectivity index (χ4v) is 6.92. The number of nitrogens with zero attached hydrogens (tertiary/aromatic N) is 1. The van der Waals surface area contributed by atoms with Crippen LogP contribution in [0.3, 0.4) is 0 Å². The molecule has 1 saturated heterocycles. The van der Waals surface area contributed by atoms with Gasteiger partial charge in [0.25, 0.3) is 0 Å². The first-order valence-electron chi connectivity index (χ1n) is 17.0. The largest absolute Gasteiger partial charge is 0.508 e. The smallest absolute Gasteiger partial charge is 0.335 e. The second kappa shape index (κ2) is 14.4. The van der Waals surface area contributed by atoms with Crippen LogP contribution in [0.4, 0.5) is 0 Å². The average molecular weight is 731 g/mol. The van der Waals surface area contributed by atoms with Gasteiger partial charge in [-0.05, 0) is 73.2 Å². The lowest BCUT2D eigenvalue weighted by atomic mass is 9.91. The Morgan fingerprint density at radius 2 is 1.72 bits per heavy atom. The van der Waals surface area contributed by atoms with Gasteiger partial charge in [0.05, 0.1) is 6.61 Å². The first-order chi connectivity index (χ1) is 25.4. The van der Waals surface area contributed by atoms with Gasteiger partial charge in [0, 0.05) is 24.3 Å². The minimum Gasteiger partial charge on any atom is -0.508 e. The number of ether oxygens (including phenoxy) is 5. The van der Waals surface area contributed by atoms with Crippen molar-refractivity contribution in [2.75, 3.05) is 6.61 Å². The molecule has 15 nitrogen and oxygen atoms in total. The maximum absolute atomic E-state index is 11.8. The molecule has 3 aromatic rings.